The molecule has 3 rings (SSSR count). The van der Waals surface area contributed by atoms with E-state index in [-0.39, 0.29) is 17.9 Å². The van der Waals surface area contributed by atoms with Crippen LogP contribution in [0.4, 0.5) is 0 Å². The Bertz CT molecular complexity index is 657. The largest absolute Gasteiger partial charge is 0.355 e. The maximum absolute atomic E-state index is 12.5. The summed E-state index contributed by atoms with van der Waals surface area (Å²) in [5, 5.41) is 3.07. The molecule has 2 aromatic rings. The summed E-state index contributed by atoms with van der Waals surface area (Å²) in [4.78, 5) is 12.5. The van der Waals surface area contributed by atoms with Crippen LogP contribution in [0.2, 0.25) is 0 Å². The van der Waals surface area contributed by atoms with Crippen LogP contribution in [-0.4, -0.2) is 19.0 Å². The average molecular weight is 309 g/mol. The third-order valence-electron chi connectivity index (χ3n) is 4.27. The van der Waals surface area contributed by atoms with Gasteiger partial charge >= 0.3 is 0 Å². The first kappa shape index (κ1) is 15.7. The lowest BCUT2D eigenvalue weighted by Gasteiger charge is -2.18. The van der Waals surface area contributed by atoms with Crippen molar-refractivity contribution in [1.29, 1.82) is 0 Å². The molecule has 0 aromatic heterocycles. The van der Waals surface area contributed by atoms with Crippen LogP contribution in [0.15, 0.2) is 54.6 Å². The summed E-state index contributed by atoms with van der Waals surface area (Å²) >= 11 is 0. The topological polar surface area (TPSA) is 53.2 Å². The van der Waals surface area contributed by atoms with E-state index >= 15 is 0 Å². The Kier molecular flexibility index (Phi) is 5.05. The fourth-order valence-corrected chi connectivity index (χ4v) is 3.05. The second kappa shape index (κ2) is 7.40. The molecule has 1 saturated heterocycles. The lowest BCUT2D eigenvalue weighted by atomic mass is 9.94. The van der Waals surface area contributed by atoms with Crippen molar-refractivity contribution in [2.75, 3.05) is 13.1 Å². The highest BCUT2D eigenvalue weighted by Crippen LogP contribution is 2.24. The third kappa shape index (κ3) is 3.97. The van der Waals surface area contributed by atoms with E-state index in [9.17, 15) is 4.79 Å². The van der Waals surface area contributed by atoms with Gasteiger partial charge in [0.2, 0.25) is 5.91 Å². The lowest BCUT2D eigenvalue weighted by Crippen LogP contribution is -2.36. The van der Waals surface area contributed by atoms with Gasteiger partial charge in [0, 0.05) is 13.1 Å². The molecule has 0 spiro atoms. The fourth-order valence-electron chi connectivity index (χ4n) is 3.05. The SMILES string of the molecule is Cc1cccc(CCNC(=O)C2CNNC2c2ccccc2)c1. The van der Waals surface area contributed by atoms with Crippen molar-refractivity contribution in [2.24, 2.45) is 5.92 Å². The van der Waals surface area contributed by atoms with Gasteiger partial charge in [-0.15, -0.1) is 0 Å². The number of carbonyl (C=O) groups excluding carboxylic acids is 1. The minimum atomic E-state index is -0.0880. The zero-order valence-corrected chi connectivity index (χ0v) is 13.4. The Morgan fingerprint density at radius 2 is 2.00 bits per heavy atom. The highest BCUT2D eigenvalue weighted by Gasteiger charge is 2.33. The van der Waals surface area contributed by atoms with Crippen molar-refractivity contribution >= 4 is 5.91 Å². The molecule has 2 unspecified atom stereocenters. The number of hydrogen-bond acceptors (Lipinski definition) is 3. The van der Waals surface area contributed by atoms with Crippen LogP contribution >= 0.6 is 0 Å². The standard InChI is InChI=1S/C19H23N3O/c1-14-6-5-7-15(12-14)10-11-20-19(23)17-13-21-22-18(17)16-8-3-2-4-9-16/h2-9,12,17-18,21-22H,10-11,13H2,1H3,(H,20,23). The summed E-state index contributed by atoms with van der Waals surface area (Å²) in [6.45, 7) is 3.40. The predicted octanol–water partition coefficient (Wildman–Crippen LogP) is 2.12. The van der Waals surface area contributed by atoms with Gasteiger partial charge in [0.1, 0.15) is 0 Å². The maximum Gasteiger partial charge on any atom is 0.226 e. The van der Waals surface area contributed by atoms with Gasteiger partial charge in [0.25, 0.3) is 0 Å². The first-order valence-electron chi connectivity index (χ1n) is 8.10. The second-order valence-electron chi connectivity index (χ2n) is 6.05. The molecule has 1 fully saturated rings. The van der Waals surface area contributed by atoms with Gasteiger partial charge in [-0.3, -0.25) is 10.2 Å². The summed E-state index contributed by atoms with van der Waals surface area (Å²) < 4.78 is 0. The van der Waals surface area contributed by atoms with Crippen LogP contribution in [0.5, 0.6) is 0 Å². The lowest BCUT2D eigenvalue weighted by molar-refractivity contribution is -0.124. The predicted molar refractivity (Wildman–Crippen MR) is 91.7 cm³/mol. The van der Waals surface area contributed by atoms with Crippen LogP contribution in [-0.2, 0) is 11.2 Å². The van der Waals surface area contributed by atoms with Crippen molar-refractivity contribution < 1.29 is 4.79 Å². The molecule has 4 heteroatoms. The quantitative estimate of drug-likeness (QED) is 0.793. The minimum absolute atomic E-state index is 0.0233. The van der Waals surface area contributed by atoms with Crippen LogP contribution in [0.3, 0.4) is 0 Å². The highest BCUT2D eigenvalue weighted by atomic mass is 16.2. The molecule has 1 aliphatic heterocycles. The van der Waals surface area contributed by atoms with E-state index in [0.717, 1.165) is 12.0 Å². The molecule has 0 radical (unpaired) electrons. The molecule has 0 aliphatic carbocycles. The zero-order valence-electron chi connectivity index (χ0n) is 13.4. The molecule has 3 N–H and O–H groups in total. The molecule has 0 bridgehead atoms. The summed E-state index contributed by atoms with van der Waals surface area (Å²) in [5.41, 5.74) is 9.96. The monoisotopic (exact) mass is 309 g/mol. The first-order valence-corrected chi connectivity index (χ1v) is 8.10. The Balaban J connectivity index is 1.55. The van der Waals surface area contributed by atoms with Crippen molar-refractivity contribution in [2.45, 2.75) is 19.4 Å². The van der Waals surface area contributed by atoms with E-state index in [1.807, 2.05) is 18.2 Å². The van der Waals surface area contributed by atoms with Gasteiger partial charge in [-0.2, -0.15) is 0 Å². The summed E-state index contributed by atoms with van der Waals surface area (Å²) in [7, 11) is 0. The molecular formula is C19H23N3O. The molecule has 1 heterocycles. The van der Waals surface area contributed by atoms with E-state index in [1.165, 1.54) is 11.1 Å². The molecule has 4 nitrogen and oxygen atoms in total. The molecular weight excluding hydrogens is 286 g/mol. The van der Waals surface area contributed by atoms with E-state index in [2.05, 4.69) is 59.5 Å². The number of rotatable bonds is 5. The smallest absolute Gasteiger partial charge is 0.226 e. The summed E-state index contributed by atoms with van der Waals surface area (Å²) in [6.07, 6.45) is 0.858. The third-order valence-corrected chi connectivity index (χ3v) is 4.27. The van der Waals surface area contributed by atoms with Crippen molar-refractivity contribution in [1.82, 2.24) is 16.2 Å². The number of hydrazine groups is 1. The van der Waals surface area contributed by atoms with Crippen LogP contribution in [0, 0.1) is 12.8 Å². The average Bonchev–Trinajstić information content (AvgIpc) is 3.05. The van der Waals surface area contributed by atoms with Crippen molar-refractivity contribution in [3.8, 4) is 0 Å². The number of aryl methyl sites for hydroxylation is 1. The number of benzene rings is 2. The zero-order chi connectivity index (χ0) is 16.1. The molecule has 120 valence electrons. The second-order valence-corrected chi connectivity index (χ2v) is 6.05. The van der Waals surface area contributed by atoms with Crippen molar-refractivity contribution in [3.63, 3.8) is 0 Å². The van der Waals surface area contributed by atoms with Crippen molar-refractivity contribution in [3.05, 3.63) is 71.3 Å². The van der Waals surface area contributed by atoms with Gasteiger partial charge in [0.15, 0.2) is 0 Å². The number of carbonyl (C=O) groups is 1. The van der Waals surface area contributed by atoms with Crippen LogP contribution in [0.1, 0.15) is 22.7 Å². The van der Waals surface area contributed by atoms with Gasteiger partial charge in [-0.1, -0.05) is 60.2 Å². The van der Waals surface area contributed by atoms with Crippen LogP contribution < -0.4 is 16.2 Å². The molecule has 1 amide bonds. The van der Waals surface area contributed by atoms with E-state index in [1.54, 1.807) is 0 Å². The van der Waals surface area contributed by atoms with E-state index < -0.39 is 0 Å². The Labute approximate surface area is 137 Å². The molecule has 23 heavy (non-hydrogen) atoms. The first-order chi connectivity index (χ1) is 11.2. The molecule has 1 aliphatic rings. The van der Waals surface area contributed by atoms with E-state index in [4.69, 9.17) is 0 Å². The maximum atomic E-state index is 12.5. The summed E-state index contributed by atoms with van der Waals surface area (Å²) in [5.74, 6) is 0.0129. The normalized spacial score (nSPS) is 20.4. The fraction of sp³-hybridized carbons (Fsp3) is 0.316. The molecule has 2 aromatic carbocycles. The van der Waals surface area contributed by atoms with Gasteiger partial charge < -0.3 is 5.32 Å². The number of nitrogens with one attached hydrogen (secondary N) is 3. The van der Waals surface area contributed by atoms with E-state index in [0.29, 0.717) is 13.1 Å². The molecule has 2 atom stereocenters. The van der Waals surface area contributed by atoms with Crippen LogP contribution in [0.25, 0.3) is 0 Å². The highest BCUT2D eigenvalue weighted by molar-refractivity contribution is 5.80. The van der Waals surface area contributed by atoms with Gasteiger partial charge in [-0.05, 0) is 24.5 Å². The number of amides is 1. The number of hydrogen-bond donors (Lipinski definition) is 3. The van der Waals surface area contributed by atoms with Gasteiger partial charge in [0.05, 0.1) is 12.0 Å². The Morgan fingerprint density at radius 1 is 1.17 bits per heavy atom. The minimum Gasteiger partial charge on any atom is -0.355 e. The molecule has 0 saturated carbocycles. The Hall–Kier alpha value is -2.17. The van der Waals surface area contributed by atoms with Gasteiger partial charge in [-0.25, -0.2) is 5.43 Å². The summed E-state index contributed by atoms with van der Waals surface area (Å²) in [6, 6.07) is 18.5. The Morgan fingerprint density at radius 3 is 2.78 bits per heavy atom.